The van der Waals surface area contributed by atoms with Crippen LogP contribution in [0.1, 0.15) is 31.9 Å². The molecule has 0 fully saturated rings. The van der Waals surface area contributed by atoms with Gasteiger partial charge in [0.2, 0.25) is 0 Å². The largest absolute Gasteiger partial charge is 0.465 e. The first-order chi connectivity index (χ1) is 14.8. The molecule has 0 bridgehead atoms. The second kappa shape index (κ2) is 10.4. The smallest absolute Gasteiger partial charge is 0.434 e. The number of ether oxygens (including phenoxy) is 3. The standard InChI is InChI=1S/C23H35N3O5Si/c1-16-11-17(13-19(21(27)29-5)24-22(28)31-23(2,3)4)12-18-14-26(25-20(16)18)15-30-9-10-32(6,7)8/h11-12,14H,9-10,13,15H2,1-8H3. The Morgan fingerprint density at radius 2 is 1.88 bits per heavy atom. The van der Waals surface area contributed by atoms with E-state index in [1.165, 1.54) is 7.11 Å². The Hall–Kier alpha value is -2.52. The first-order valence-electron chi connectivity index (χ1n) is 10.7. The van der Waals surface area contributed by atoms with Gasteiger partial charge >= 0.3 is 12.1 Å². The Balaban J connectivity index is 2.20. The number of methoxy groups -OCH3 is 1. The molecule has 0 saturated carbocycles. The maximum atomic E-state index is 12.2. The van der Waals surface area contributed by atoms with Gasteiger partial charge in [0.1, 0.15) is 18.0 Å². The van der Waals surface area contributed by atoms with Gasteiger partial charge in [0, 0.05) is 32.7 Å². The number of esters is 1. The number of benzene rings is 1. The molecule has 176 valence electrons. The zero-order valence-electron chi connectivity index (χ0n) is 20.4. The number of aryl methyl sites for hydroxylation is 1. The average molecular weight is 462 g/mol. The topological polar surface area (TPSA) is 92.0 Å². The lowest BCUT2D eigenvalue weighted by molar-refractivity contribution is -0.132. The van der Waals surface area contributed by atoms with E-state index in [-0.39, 0.29) is 12.1 Å². The van der Waals surface area contributed by atoms with E-state index < -0.39 is 25.7 Å². The van der Waals surface area contributed by atoms with E-state index in [9.17, 15) is 9.59 Å². The zero-order chi connectivity index (χ0) is 24.1. The Bertz CT molecular complexity index is 999. The molecule has 0 unspecified atom stereocenters. The monoisotopic (exact) mass is 461 g/mol. The molecule has 0 atom stereocenters. The third-order valence-electron chi connectivity index (χ3n) is 4.54. The number of hydrogen-bond donors (Lipinski definition) is 0. The Morgan fingerprint density at radius 3 is 2.47 bits per heavy atom. The van der Waals surface area contributed by atoms with Gasteiger partial charge in [-0.3, -0.25) is 0 Å². The number of rotatable bonds is 8. The molecule has 0 aliphatic carbocycles. The van der Waals surface area contributed by atoms with Crippen LogP contribution in [-0.4, -0.2) is 54.9 Å². The molecule has 8 nitrogen and oxygen atoms in total. The van der Waals surface area contributed by atoms with Crippen molar-refractivity contribution in [1.29, 1.82) is 0 Å². The van der Waals surface area contributed by atoms with Gasteiger partial charge in [-0.2, -0.15) is 10.1 Å². The molecule has 32 heavy (non-hydrogen) atoms. The Kier molecular flexibility index (Phi) is 8.36. The van der Waals surface area contributed by atoms with Crippen molar-refractivity contribution in [1.82, 2.24) is 9.78 Å². The van der Waals surface area contributed by atoms with E-state index in [2.05, 4.69) is 29.7 Å². The van der Waals surface area contributed by atoms with Crippen LogP contribution in [0.3, 0.4) is 0 Å². The molecule has 0 N–H and O–H groups in total. The lowest BCUT2D eigenvalue weighted by Gasteiger charge is -2.17. The summed E-state index contributed by atoms with van der Waals surface area (Å²) in [5.74, 6) is -0.667. The van der Waals surface area contributed by atoms with Gasteiger partial charge in [-0.15, -0.1) is 0 Å². The Labute approximate surface area is 190 Å². The summed E-state index contributed by atoms with van der Waals surface area (Å²) in [5.41, 5.74) is 1.93. The zero-order valence-corrected chi connectivity index (χ0v) is 21.4. The Morgan fingerprint density at radius 1 is 1.19 bits per heavy atom. The lowest BCUT2D eigenvalue weighted by Crippen LogP contribution is -2.25. The van der Waals surface area contributed by atoms with Crippen LogP contribution in [0, 0.1) is 6.92 Å². The number of hydrogen-bond acceptors (Lipinski definition) is 6. The lowest BCUT2D eigenvalue weighted by atomic mass is 10.0. The number of carbonyl (C=O) groups is 2. The molecular weight excluding hydrogens is 426 g/mol. The van der Waals surface area contributed by atoms with Gasteiger partial charge in [-0.25, -0.2) is 14.3 Å². The van der Waals surface area contributed by atoms with E-state index >= 15 is 0 Å². The fourth-order valence-corrected chi connectivity index (χ4v) is 3.76. The minimum atomic E-state index is -1.13. The van der Waals surface area contributed by atoms with Gasteiger partial charge in [-0.05, 0) is 50.9 Å². The molecule has 2 rings (SSSR count). The summed E-state index contributed by atoms with van der Waals surface area (Å²) in [6, 6.07) is 4.96. The molecule has 1 heterocycles. The summed E-state index contributed by atoms with van der Waals surface area (Å²) in [4.78, 5) is 28.2. The molecule has 1 aromatic carbocycles. The van der Waals surface area contributed by atoms with Gasteiger partial charge in [0.15, 0.2) is 0 Å². The highest BCUT2D eigenvalue weighted by Gasteiger charge is 2.20. The van der Waals surface area contributed by atoms with Crippen LogP contribution in [0.25, 0.3) is 10.9 Å². The predicted octanol–water partition coefficient (Wildman–Crippen LogP) is 4.75. The van der Waals surface area contributed by atoms with Crippen molar-refractivity contribution in [2.75, 3.05) is 13.7 Å². The maximum Gasteiger partial charge on any atom is 0.434 e. The van der Waals surface area contributed by atoms with E-state index in [4.69, 9.17) is 14.2 Å². The highest BCUT2D eigenvalue weighted by Crippen LogP contribution is 2.21. The molecule has 0 spiro atoms. The van der Waals surface area contributed by atoms with Gasteiger partial charge in [0.25, 0.3) is 0 Å². The average Bonchev–Trinajstić information content (AvgIpc) is 3.05. The second-order valence-electron chi connectivity index (χ2n) is 10.1. The normalized spacial score (nSPS) is 12.8. The molecule has 0 aliphatic rings. The number of aromatic nitrogens is 2. The summed E-state index contributed by atoms with van der Waals surface area (Å²) < 4.78 is 17.6. The highest BCUT2D eigenvalue weighted by atomic mass is 28.3. The van der Waals surface area contributed by atoms with Crippen LogP contribution in [0.15, 0.2) is 23.3 Å². The van der Waals surface area contributed by atoms with Crippen LogP contribution in [0.2, 0.25) is 25.7 Å². The number of carbonyl (C=O) groups excluding carboxylic acids is 2. The van der Waals surface area contributed by atoms with Crippen molar-refractivity contribution in [3.05, 3.63) is 29.5 Å². The van der Waals surface area contributed by atoms with Crippen molar-refractivity contribution in [3.63, 3.8) is 0 Å². The number of nitrogens with zero attached hydrogens (tertiary/aromatic N) is 3. The first-order valence-corrected chi connectivity index (χ1v) is 14.4. The summed E-state index contributed by atoms with van der Waals surface area (Å²) in [7, 11) is 0.124. The van der Waals surface area contributed by atoms with Crippen LogP contribution < -0.4 is 0 Å². The van der Waals surface area contributed by atoms with E-state index in [0.29, 0.717) is 6.73 Å². The van der Waals surface area contributed by atoms with Gasteiger partial charge in [0.05, 0.1) is 12.6 Å². The van der Waals surface area contributed by atoms with Crippen molar-refractivity contribution < 1.29 is 23.8 Å². The molecular formula is C23H35N3O5Si. The van der Waals surface area contributed by atoms with Crippen molar-refractivity contribution in [2.24, 2.45) is 4.99 Å². The van der Waals surface area contributed by atoms with E-state index in [1.807, 2.05) is 25.3 Å². The van der Waals surface area contributed by atoms with Crippen molar-refractivity contribution in [2.45, 2.75) is 72.1 Å². The first kappa shape index (κ1) is 25.7. The van der Waals surface area contributed by atoms with Crippen molar-refractivity contribution in [3.8, 4) is 0 Å². The summed E-state index contributed by atoms with van der Waals surface area (Å²) in [6.07, 6.45) is 1.24. The molecule has 1 amide bonds. The number of amides is 1. The van der Waals surface area contributed by atoms with Crippen LogP contribution in [0.4, 0.5) is 4.79 Å². The predicted molar refractivity (Wildman–Crippen MR) is 128 cm³/mol. The van der Waals surface area contributed by atoms with Gasteiger partial charge in [-0.1, -0.05) is 25.7 Å². The van der Waals surface area contributed by atoms with Crippen LogP contribution in [0.5, 0.6) is 0 Å². The third-order valence-corrected chi connectivity index (χ3v) is 6.24. The number of fused-ring (bicyclic) bond motifs is 1. The molecule has 9 heteroatoms. The van der Waals surface area contributed by atoms with E-state index in [1.54, 1.807) is 25.5 Å². The van der Waals surface area contributed by atoms with Crippen LogP contribution >= 0.6 is 0 Å². The number of aliphatic imine (C=N–C) groups is 1. The third kappa shape index (κ3) is 8.20. The highest BCUT2D eigenvalue weighted by molar-refractivity contribution is 6.76. The molecule has 0 saturated heterocycles. The molecule has 0 aliphatic heterocycles. The maximum absolute atomic E-state index is 12.2. The van der Waals surface area contributed by atoms with Crippen molar-refractivity contribution >= 4 is 36.8 Å². The molecule has 1 aromatic heterocycles. The fourth-order valence-electron chi connectivity index (χ4n) is 3.00. The second-order valence-corrected chi connectivity index (χ2v) is 15.7. The van der Waals surface area contributed by atoms with Gasteiger partial charge < -0.3 is 14.2 Å². The summed E-state index contributed by atoms with van der Waals surface area (Å²) in [5, 5.41) is 5.54. The molecule has 2 aromatic rings. The minimum absolute atomic E-state index is 0.0115. The quantitative estimate of drug-likeness (QED) is 0.244. The minimum Gasteiger partial charge on any atom is -0.465 e. The summed E-state index contributed by atoms with van der Waals surface area (Å²) >= 11 is 0. The van der Waals surface area contributed by atoms with E-state index in [0.717, 1.165) is 34.7 Å². The fraction of sp³-hybridized carbons (Fsp3) is 0.565. The summed E-state index contributed by atoms with van der Waals surface area (Å²) in [6.45, 7) is 15.2. The SMILES string of the molecule is COC(=O)C(Cc1cc(C)c2nn(COCC[Si](C)(C)C)cc2c1)=NC(=O)OC(C)(C)C. The van der Waals surface area contributed by atoms with Crippen LogP contribution in [-0.2, 0) is 32.2 Å². The molecule has 0 radical (unpaired) electrons.